The van der Waals surface area contributed by atoms with Crippen LogP contribution in [0.15, 0.2) is 42.5 Å². The summed E-state index contributed by atoms with van der Waals surface area (Å²) in [5.41, 5.74) is 3.12. The third-order valence-corrected chi connectivity index (χ3v) is 8.26. The molecule has 36 heavy (non-hydrogen) atoms. The maximum Gasteiger partial charge on any atom is 0.219 e. The van der Waals surface area contributed by atoms with Crippen LogP contribution in [0.4, 0.5) is 20.2 Å². The number of anilines is 2. The van der Waals surface area contributed by atoms with Crippen molar-refractivity contribution in [2.24, 2.45) is 0 Å². The first-order valence-corrected chi connectivity index (χ1v) is 13.5. The summed E-state index contributed by atoms with van der Waals surface area (Å²) in [6.45, 7) is 9.55. The van der Waals surface area contributed by atoms with Crippen LogP contribution >= 0.6 is 0 Å². The van der Waals surface area contributed by atoms with Crippen molar-refractivity contribution in [2.45, 2.75) is 51.0 Å². The molecule has 2 atom stereocenters. The Labute approximate surface area is 213 Å². The van der Waals surface area contributed by atoms with Crippen molar-refractivity contribution in [1.29, 1.82) is 0 Å². The van der Waals surface area contributed by atoms with E-state index in [4.69, 9.17) is 0 Å². The van der Waals surface area contributed by atoms with Crippen LogP contribution in [0.5, 0.6) is 0 Å². The fraction of sp³-hybridized carbons (Fsp3) is 0.552. The summed E-state index contributed by atoms with van der Waals surface area (Å²) in [6.07, 6.45) is 5.88. The fourth-order valence-corrected chi connectivity index (χ4v) is 6.29. The molecule has 5 nitrogen and oxygen atoms in total. The lowest BCUT2D eigenvalue weighted by Crippen LogP contribution is -2.48. The van der Waals surface area contributed by atoms with Gasteiger partial charge in [0.05, 0.1) is 0 Å². The Morgan fingerprint density at radius 2 is 1.50 bits per heavy atom. The smallest absolute Gasteiger partial charge is 0.219 e. The van der Waals surface area contributed by atoms with Crippen molar-refractivity contribution < 1.29 is 13.6 Å². The van der Waals surface area contributed by atoms with Crippen LogP contribution in [0.25, 0.3) is 0 Å². The number of piperidine rings is 1. The van der Waals surface area contributed by atoms with Gasteiger partial charge in [0, 0.05) is 69.5 Å². The van der Waals surface area contributed by atoms with E-state index < -0.39 is 0 Å². The van der Waals surface area contributed by atoms with E-state index in [0.29, 0.717) is 0 Å². The summed E-state index contributed by atoms with van der Waals surface area (Å²) >= 11 is 0. The summed E-state index contributed by atoms with van der Waals surface area (Å²) in [5.74, 6) is 0.0312. The summed E-state index contributed by atoms with van der Waals surface area (Å²) in [7, 11) is 0. The standard InChI is InChI=1S/C29H38F2N4O/c1-22(36)34-18-16-32(17-19-34)13-4-2-3-5-14-33-15-12-29-27(21-33)26-20-24(31)8-11-28(26)35(29)25-9-6-23(30)7-10-25/h6-11,20,27,29H,2-5,12-19,21H2,1H3. The molecule has 3 aliphatic rings. The molecule has 0 bridgehead atoms. The highest BCUT2D eigenvalue weighted by atomic mass is 19.1. The minimum Gasteiger partial charge on any atom is -0.340 e. The zero-order valence-electron chi connectivity index (χ0n) is 21.3. The van der Waals surface area contributed by atoms with Crippen molar-refractivity contribution in [3.05, 3.63) is 59.7 Å². The lowest BCUT2D eigenvalue weighted by Gasteiger charge is -2.39. The molecule has 2 aromatic carbocycles. The van der Waals surface area contributed by atoms with Crippen molar-refractivity contribution in [2.75, 3.05) is 57.3 Å². The number of rotatable bonds is 8. The van der Waals surface area contributed by atoms with E-state index in [1.165, 1.54) is 43.9 Å². The molecular weight excluding hydrogens is 458 g/mol. The Morgan fingerprint density at radius 1 is 0.833 bits per heavy atom. The normalized spacial score (nSPS) is 22.5. The van der Waals surface area contributed by atoms with Gasteiger partial charge in [0.1, 0.15) is 11.6 Å². The molecule has 0 aromatic heterocycles. The van der Waals surface area contributed by atoms with Crippen LogP contribution in [-0.2, 0) is 4.79 Å². The van der Waals surface area contributed by atoms with Crippen molar-refractivity contribution >= 4 is 17.3 Å². The number of amides is 1. The second-order valence-corrected chi connectivity index (χ2v) is 10.6. The SMILES string of the molecule is CC(=O)N1CCN(CCCCCCN2CCC3C(C2)c2cc(F)ccc2N3c2ccc(F)cc2)CC1. The van der Waals surface area contributed by atoms with Gasteiger partial charge in [-0.15, -0.1) is 0 Å². The van der Waals surface area contributed by atoms with Gasteiger partial charge in [-0.05, 0) is 80.4 Å². The number of piperazine rings is 1. The minimum absolute atomic E-state index is 0.187. The molecule has 2 unspecified atom stereocenters. The number of hydrogen-bond acceptors (Lipinski definition) is 4. The highest BCUT2D eigenvalue weighted by molar-refractivity contribution is 5.73. The van der Waals surface area contributed by atoms with Gasteiger partial charge in [-0.25, -0.2) is 8.78 Å². The average Bonchev–Trinajstić information content (AvgIpc) is 3.20. The van der Waals surface area contributed by atoms with E-state index in [0.717, 1.165) is 75.7 Å². The van der Waals surface area contributed by atoms with Gasteiger partial charge in [0.15, 0.2) is 0 Å². The van der Waals surface area contributed by atoms with E-state index in [2.05, 4.69) is 14.7 Å². The quantitative estimate of drug-likeness (QED) is 0.481. The molecule has 0 saturated carbocycles. The molecule has 5 rings (SSSR count). The van der Waals surface area contributed by atoms with Crippen molar-refractivity contribution in [3.8, 4) is 0 Å². The molecule has 2 saturated heterocycles. The van der Waals surface area contributed by atoms with Gasteiger partial charge in [0.2, 0.25) is 5.91 Å². The third kappa shape index (κ3) is 5.57. The zero-order valence-corrected chi connectivity index (χ0v) is 21.3. The van der Waals surface area contributed by atoms with Gasteiger partial charge >= 0.3 is 0 Å². The van der Waals surface area contributed by atoms with Crippen LogP contribution in [0.3, 0.4) is 0 Å². The van der Waals surface area contributed by atoms with E-state index in [1.807, 2.05) is 23.1 Å². The predicted molar refractivity (Wildman–Crippen MR) is 140 cm³/mol. The number of hydrogen-bond donors (Lipinski definition) is 0. The van der Waals surface area contributed by atoms with Gasteiger partial charge in [0.25, 0.3) is 0 Å². The number of halogens is 2. The first-order chi connectivity index (χ1) is 17.5. The second kappa shape index (κ2) is 11.3. The van der Waals surface area contributed by atoms with Crippen LogP contribution in [0, 0.1) is 11.6 Å². The molecule has 3 aliphatic heterocycles. The number of fused-ring (bicyclic) bond motifs is 3. The van der Waals surface area contributed by atoms with Crippen molar-refractivity contribution in [1.82, 2.24) is 14.7 Å². The predicted octanol–water partition coefficient (Wildman–Crippen LogP) is 5.00. The Hall–Kier alpha value is -2.51. The Kier molecular flexibility index (Phi) is 7.87. The number of nitrogens with zero attached hydrogens (tertiary/aromatic N) is 4. The highest BCUT2D eigenvalue weighted by Gasteiger charge is 2.42. The van der Waals surface area contributed by atoms with Crippen LogP contribution < -0.4 is 4.90 Å². The summed E-state index contributed by atoms with van der Waals surface area (Å²) in [5, 5.41) is 0. The van der Waals surface area contributed by atoms with E-state index >= 15 is 0 Å². The van der Waals surface area contributed by atoms with Gasteiger partial charge < -0.3 is 14.7 Å². The molecule has 0 aliphatic carbocycles. The average molecular weight is 497 g/mol. The van der Waals surface area contributed by atoms with E-state index in [-0.39, 0.29) is 29.5 Å². The van der Waals surface area contributed by atoms with Crippen LogP contribution in [0.2, 0.25) is 0 Å². The van der Waals surface area contributed by atoms with Gasteiger partial charge in [-0.3, -0.25) is 9.69 Å². The molecule has 7 heteroatoms. The Balaban J connectivity index is 1.09. The van der Waals surface area contributed by atoms with Gasteiger partial charge in [-0.1, -0.05) is 12.8 Å². The topological polar surface area (TPSA) is 30.0 Å². The minimum atomic E-state index is -0.237. The molecular formula is C29H38F2N4O. The Bertz CT molecular complexity index is 1040. The zero-order chi connectivity index (χ0) is 25.1. The molecule has 0 spiro atoms. The number of likely N-dealkylation sites (tertiary alicyclic amines) is 1. The van der Waals surface area contributed by atoms with E-state index in [9.17, 15) is 13.6 Å². The molecule has 2 fully saturated rings. The molecule has 3 heterocycles. The monoisotopic (exact) mass is 496 g/mol. The number of benzene rings is 2. The van der Waals surface area contributed by atoms with Crippen LogP contribution in [-0.4, -0.2) is 79.0 Å². The van der Waals surface area contributed by atoms with Crippen molar-refractivity contribution in [3.63, 3.8) is 0 Å². The first-order valence-electron chi connectivity index (χ1n) is 13.5. The molecule has 194 valence electrons. The first kappa shape index (κ1) is 25.2. The molecule has 0 radical (unpaired) electrons. The number of unbranched alkanes of at least 4 members (excludes halogenated alkanes) is 3. The van der Waals surface area contributed by atoms with E-state index in [1.54, 1.807) is 13.0 Å². The second-order valence-electron chi connectivity index (χ2n) is 10.6. The summed E-state index contributed by atoms with van der Waals surface area (Å²) in [6, 6.07) is 12.1. The summed E-state index contributed by atoms with van der Waals surface area (Å²) in [4.78, 5) is 20.7. The number of carbonyl (C=O) groups is 1. The summed E-state index contributed by atoms with van der Waals surface area (Å²) < 4.78 is 27.8. The molecule has 2 aromatic rings. The van der Waals surface area contributed by atoms with Gasteiger partial charge in [-0.2, -0.15) is 0 Å². The third-order valence-electron chi connectivity index (χ3n) is 8.26. The fourth-order valence-electron chi connectivity index (χ4n) is 6.29. The number of carbonyl (C=O) groups excluding carboxylic acids is 1. The maximum atomic E-state index is 14.2. The highest BCUT2D eigenvalue weighted by Crippen LogP contribution is 2.48. The maximum absolute atomic E-state index is 14.2. The van der Waals surface area contributed by atoms with Crippen LogP contribution in [0.1, 0.15) is 50.5 Å². The lowest BCUT2D eigenvalue weighted by molar-refractivity contribution is -0.130. The molecule has 0 N–H and O–H groups in total. The largest absolute Gasteiger partial charge is 0.340 e. The Morgan fingerprint density at radius 3 is 2.19 bits per heavy atom. The molecule has 1 amide bonds. The lowest BCUT2D eigenvalue weighted by atomic mass is 9.88.